The maximum absolute atomic E-state index is 12.9. The number of benzene rings is 2. The lowest BCUT2D eigenvalue weighted by Crippen LogP contribution is -2.30. The molecule has 1 N–H and O–H groups in total. The summed E-state index contributed by atoms with van der Waals surface area (Å²) >= 11 is 0. The van der Waals surface area contributed by atoms with E-state index in [9.17, 15) is 9.59 Å². The van der Waals surface area contributed by atoms with Gasteiger partial charge in [-0.1, -0.05) is 30.3 Å². The zero-order valence-electron chi connectivity index (χ0n) is 15.0. The molecule has 0 atom stereocenters. The summed E-state index contributed by atoms with van der Waals surface area (Å²) in [6.45, 7) is 2.59. The second kappa shape index (κ2) is 7.03. The summed E-state index contributed by atoms with van der Waals surface area (Å²) < 4.78 is 0. The molecule has 0 spiro atoms. The second-order valence-corrected chi connectivity index (χ2v) is 6.59. The van der Waals surface area contributed by atoms with Gasteiger partial charge in [0.1, 0.15) is 5.69 Å². The monoisotopic (exact) mass is 357 g/mol. The van der Waals surface area contributed by atoms with Crippen LogP contribution >= 0.6 is 0 Å². The Labute approximate surface area is 157 Å². The molecule has 5 nitrogen and oxygen atoms in total. The van der Waals surface area contributed by atoms with Crippen molar-refractivity contribution < 1.29 is 9.59 Å². The van der Waals surface area contributed by atoms with E-state index in [0.29, 0.717) is 12.1 Å². The minimum absolute atomic E-state index is 0.190. The summed E-state index contributed by atoms with van der Waals surface area (Å²) in [4.78, 5) is 31.4. The van der Waals surface area contributed by atoms with Crippen molar-refractivity contribution in [3.05, 3.63) is 89.2 Å². The molecule has 2 amide bonds. The maximum atomic E-state index is 12.9. The number of anilines is 2. The number of nitrogens with one attached hydrogen (secondary N) is 1. The number of carbonyl (C=O) groups excluding carboxylic acids is 2. The second-order valence-electron chi connectivity index (χ2n) is 6.59. The van der Waals surface area contributed by atoms with Crippen molar-refractivity contribution in [3.63, 3.8) is 0 Å². The lowest BCUT2D eigenvalue weighted by Gasteiger charge is -2.17. The summed E-state index contributed by atoms with van der Waals surface area (Å²) in [6, 6.07) is 18.6. The van der Waals surface area contributed by atoms with Crippen molar-refractivity contribution in [2.24, 2.45) is 0 Å². The van der Waals surface area contributed by atoms with E-state index >= 15 is 0 Å². The predicted molar refractivity (Wildman–Crippen MR) is 105 cm³/mol. The number of nitrogens with zero attached hydrogens (tertiary/aromatic N) is 2. The molecule has 134 valence electrons. The van der Waals surface area contributed by atoms with Gasteiger partial charge in [-0.15, -0.1) is 0 Å². The molecule has 2 aromatic carbocycles. The third-order valence-corrected chi connectivity index (χ3v) is 4.65. The number of amides is 2. The van der Waals surface area contributed by atoms with Crippen molar-refractivity contribution in [3.8, 4) is 0 Å². The quantitative estimate of drug-likeness (QED) is 0.774. The number of para-hydroxylation sites is 1. The van der Waals surface area contributed by atoms with Crippen LogP contribution in [0.3, 0.4) is 0 Å². The highest BCUT2D eigenvalue weighted by Gasteiger charge is 2.26. The van der Waals surface area contributed by atoms with Gasteiger partial charge in [0.15, 0.2) is 0 Å². The third kappa shape index (κ3) is 3.44. The molecule has 3 aromatic rings. The van der Waals surface area contributed by atoms with Crippen LogP contribution in [0.5, 0.6) is 0 Å². The van der Waals surface area contributed by atoms with Crippen LogP contribution < -0.4 is 10.2 Å². The molecule has 1 aliphatic heterocycles. The lowest BCUT2D eigenvalue weighted by molar-refractivity contribution is 0.0984. The Morgan fingerprint density at radius 2 is 1.89 bits per heavy atom. The van der Waals surface area contributed by atoms with Crippen LogP contribution in [-0.4, -0.2) is 23.3 Å². The van der Waals surface area contributed by atoms with Gasteiger partial charge in [-0.05, 0) is 54.8 Å². The Morgan fingerprint density at radius 3 is 2.74 bits per heavy atom. The van der Waals surface area contributed by atoms with Crippen LogP contribution in [0.15, 0.2) is 66.9 Å². The highest BCUT2D eigenvalue weighted by atomic mass is 16.2. The van der Waals surface area contributed by atoms with Crippen molar-refractivity contribution >= 4 is 23.2 Å². The number of hydrogen-bond donors (Lipinski definition) is 1. The summed E-state index contributed by atoms with van der Waals surface area (Å²) in [5.74, 6) is -0.455. The molecule has 0 saturated heterocycles. The molecular weight excluding hydrogens is 338 g/mol. The molecule has 1 aromatic heterocycles. The molecule has 0 saturated carbocycles. The number of hydrogen-bond acceptors (Lipinski definition) is 3. The first-order chi connectivity index (χ1) is 13.1. The summed E-state index contributed by atoms with van der Waals surface area (Å²) in [6.07, 6.45) is 2.33. The van der Waals surface area contributed by atoms with E-state index in [2.05, 4.69) is 10.3 Å². The van der Waals surface area contributed by atoms with E-state index in [-0.39, 0.29) is 17.5 Å². The minimum atomic E-state index is -0.265. The molecule has 27 heavy (non-hydrogen) atoms. The topological polar surface area (TPSA) is 62.3 Å². The van der Waals surface area contributed by atoms with Gasteiger partial charge in [-0.2, -0.15) is 0 Å². The number of pyridine rings is 1. The first kappa shape index (κ1) is 17.0. The molecule has 0 radical (unpaired) electrons. The van der Waals surface area contributed by atoms with E-state index in [0.717, 1.165) is 28.9 Å². The molecule has 2 heterocycles. The van der Waals surface area contributed by atoms with Gasteiger partial charge in [0.2, 0.25) is 0 Å². The van der Waals surface area contributed by atoms with Gasteiger partial charge in [-0.25, -0.2) is 0 Å². The molecule has 1 aliphatic rings. The molecule has 0 fully saturated rings. The molecule has 0 unspecified atom stereocenters. The van der Waals surface area contributed by atoms with Crippen LogP contribution in [0.4, 0.5) is 11.4 Å². The molecular formula is C22H19N3O2. The highest BCUT2D eigenvalue weighted by molar-refractivity contribution is 6.09. The van der Waals surface area contributed by atoms with Crippen molar-refractivity contribution in [1.29, 1.82) is 0 Å². The van der Waals surface area contributed by atoms with Crippen LogP contribution in [0.2, 0.25) is 0 Å². The maximum Gasteiger partial charge on any atom is 0.276 e. The average molecular weight is 357 g/mol. The molecule has 0 aliphatic carbocycles. The smallest absolute Gasteiger partial charge is 0.276 e. The van der Waals surface area contributed by atoms with Gasteiger partial charge in [0, 0.05) is 29.7 Å². The standard InChI is InChI=1S/C22H19N3O2/c1-15-5-4-7-18(13-15)24-21(26)17-9-11-23-19(14-17)22(27)25-12-10-16-6-2-3-8-20(16)25/h2-9,11,13-14H,10,12H2,1H3,(H,24,26). The van der Waals surface area contributed by atoms with E-state index in [1.165, 1.54) is 6.20 Å². The van der Waals surface area contributed by atoms with Crippen LogP contribution in [0.25, 0.3) is 0 Å². The van der Waals surface area contributed by atoms with Crippen molar-refractivity contribution in [1.82, 2.24) is 4.98 Å². The number of fused-ring (bicyclic) bond motifs is 1. The number of aromatic nitrogens is 1. The lowest BCUT2D eigenvalue weighted by atomic mass is 10.1. The normalized spacial score (nSPS) is 12.6. The Hall–Kier alpha value is -3.47. The van der Waals surface area contributed by atoms with Crippen LogP contribution in [0, 0.1) is 6.92 Å². The van der Waals surface area contributed by atoms with Gasteiger partial charge in [0.25, 0.3) is 11.8 Å². The fourth-order valence-electron chi connectivity index (χ4n) is 3.30. The summed E-state index contributed by atoms with van der Waals surface area (Å²) in [7, 11) is 0. The summed E-state index contributed by atoms with van der Waals surface area (Å²) in [5.41, 5.74) is 4.52. The van der Waals surface area contributed by atoms with Gasteiger partial charge in [-0.3, -0.25) is 14.6 Å². The Morgan fingerprint density at radius 1 is 1.04 bits per heavy atom. The average Bonchev–Trinajstić information content (AvgIpc) is 3.11. The zero-order valence-corrected chi connectivity index (χ0v) is 15.0. The van der Waals surface area contributed by atoms with Crippen LogP contribution in [-0.2, 0) is 6.42 Å². The van der Waals surface area contributed by atoms with Gasteiger partial charge < -0.3 is 10.2 Å². The van der Waals surface area contributed by atoms with Gasteiger partial charge >= 0.3 is 0 Å². The SMILES string of the molecule is Cc1cccc(NC(=O)c2ccnc(C(=O)N3CCc4ccccc43)c2)c1. The minimum Gasteiger partial charge on any atom is -0.322 e. The fraction of sp³-hybridized carbons (Fsp3) is 0.136. The summed E-state index contributed by atoms with van der Waals surface area (Å²) in [5, 5.41) is 2.86. The molecule has 4 rings (SSSR count). The third-order valence-electron chi connectivity index (χ3n) is 4.65. The van der Waals surface area contributed by atoms with E-state index in [1.807, 2.05) is 55.5 Å². The largest absolute Gasteiger partial charge is 0.322 e. The molecule has 5 heteroatoms. The first-order valence-corrected chi connectivity index (χ1v) is 8.86. The van der Waals surface area contributed by atoms with Crippen LogP contribution in [0.1, 0.15) is 32.0 Å². The Balaban J connectivity index is 1.56. The van der Waals surface area contributed by atoms with Crippen molar-refractivity contribution in [2.45, 2.75) is 13.3 Å². The van der Waals surface area contributed by atoms with Crippen molar-refractivity contribution in [2.75, 3.05) is 16.8 Å². The van der Waals surface area contributed by atoms with E-state index < -0.39 is 0 Å². The van der Waals surface area contributed by atoms with E-state index in [1.54, 1.807) is 17.0 Å². The number of carbonyl (C=O) groups is 2. The number of rotatable bonds is 3. The predicted octanol–water partition coefficient (Wildman–Crippen LogP) is 3.85. The first-order valence-electron chi connectivity index (χ1n) is 8.86. The van der Waals surface area contributed by atoms with Gasteiger partial charge in [0.05, 0.1) is 0 Å². The number of aryl methyl sites for hydroxylation is 1. The van der Waals surface area contributed by atoms with E-state index in [4.69, 9.17) is 0 Å². The zero-order chi connectivity index (χ0) is 18.8. The fourth-order valence-corrected chi connectivity index (χ4v) is 3.30. The Bertz CT molecular complexity index is 1030. The molecule has 0 bridgehead atoms. The highest BCUT2D eigenvalue weighted by Crippen LogP contribution is 2.28. The Kier molecular flexibility index (Phi) is 4.42.